The second-order valence-corrected chi connectivity index (χ2v) is 9.52. The Bertz CT molecular complexity index is 412. The lowest BCUT2D eigenvalue weighted by atomic mass is 9.74. The van der Waals surface area contributed by atoms with Gasteiger partial charge in [0, 0.05) is 6.08 Å². The van der Waals surface area contributed by atoms with Crippen LogP contribution in [0, 0.1) is 23.7 Å². The van der Waals surface area contributed by atoms with E-state index in [0.29, 0.717) is 0 Å². The van der Waals surface area contributed by atoms with Crippen LogP contribution in [0.25, 0.3) is 0 Å². The van der Waals surface area contributed by atoms with E-state index < -0.39 is 5.97 Å². The van der Waals surface area contributed by atoms with Crippen molar-refractivity contribution in [2.75, 3.05) is 0 Å². The van der Waals surface area contributed by atoms with Gasteiger partial charge in [-0.05, 0) is 36.5 Å². The molecule has 2 fully saturated rings. The molecule has 2 aliphatic rings. The summed E-state index contributed by atoms with van der Waals surface area (Å²) in [5, 5.41) is 8.56. The zero-order valence-electron chi connectivity index (χ0n) is 17.8. The number of carbonyl (C=O) groups is 1. The van der Waals surface area contributed by atoms with Crippen molar-refractivity contribution >= 4 is 5.97 Å². The first-order valence-electron chi connectivity index (χ1n) is 12.1. The van der Waals surface area contributed by atoms with Gasteiger partial charge in [-0.2, -0.15) is 0 Å². The fourth-order valence-corrected chi connectivity index (χ4v) is 5.55. The summed E-state index contributed by atoms with van der Waals surface area (Å²) >= 11 is 0. The standard InChI is InChI=1S/C25H44O2/c1-2-8-21-11-15-23(16-12-21)19-20-24-17-13-22(14-18-24)9-6-4-3-5-7-10-25(26)27/h7,10,21-24H,2-6,8-9,11-20H2,1H3,(H,26,27)/b10-7+/t21-,22-,23-,24-. The fraction of sp³-hybridized carbons (Fsp3) is 0.880. The molecule has 0 bridgehead atoms. The first kappa shape index (κ1) is 22.5. The summed E-state index contributed by atoms with van der Waals surface area (Å²) in [6, 6.07) is 0. The van der Waals surface area contributed by atoms with Crippen molar-refractivity contribution in [3.8, 4) is 0 Å². The van der Waals surface area contributed by atoms with Gasteiger partial charge < -0.3 is 5.11 Å². The molecular formula is C25H44O2. The van der Waals surface area contributed by atoms with Crippen molar-refractivity contribution in [1.29, 1.82) is 0 Å². The Kier molecular flexibility index (Phi) is 11.2. The molecule has 0 radical (unpaired) electrons. The summed E-state index contributed by atoms with van der Waals surface area (Å²) < 4.78 is 0. The zero-order chi connectivity index (χ0) is 19.3. The number of hydrogen-bond acceptors (Lipinski definition) is 1. The summed E-state index contributed by atoms with van der Waals surface area (Å²) in [7, 11) is 0. The van der Waals surface area contributed by atoms with Crippen LogP contribution in [0.5, 0.6) is 0 Å². The molecule has 0 heterocycles. The normalized spacial score (nSPS) is 29.2. The highest BCUT2D eigenvalue weighted by Crippen LogP contribution is 2.38. The van der Waals surface area contributed by atoms with Crippen molar-refractivity contribution in [3.05, 3.63) is 12.2 Å². The van der Waals surface area contributed by atoms with Gasteiger partial charge in [0.05, 0.1) is 0 Å². The number of carboxylic acid groups (broad SMARTS) is 1. The minimum Gasteiger partial charge on any atom is -0.478 e. The summed E-state index contributed by atoms with van der Waals surface area (Å²) in [6.07, 6.45) is 26.9. The van der Waals surface area contributed by atoms with Crippen LogP contribution in [0.4, 0.5) is 0 Å². The molecular weight excluding hydrogens is 332 g/mol. The fourth-order valence-electron chi connectivity index (χ4n) is 5.55. The third kappa shape index (κ3) is 9.81. The SMILES string of the molecule is CCC[C@H]1CC[C@H](CC[C@H]2CC[C@H](CCCCC/C=C/C(=O)O)CC2)CC1. The molecule has 2 aliphatic carbocycles. The van der Waals surface area contributed by atoms with Crippen LogP contribution in [0.1, 0.15) is 116 Å². The third-order valence-corrected chi connectivity index (χ3v) is 7.36. The Labute approximate surface area is 168 Å². The van der Waals surface area contributed by atoms with E-state index in [0.717, 1.165) is 36.5 Å². The van der Waals surface area contributed by atoms with E-state index in [1.165, 1.54) is 102 Å². The van der Waals surface area contributed by atoms with Gasteiger partial charge >= 0.3 is 5.97 Å². The molecule has 156 valence electrons. The quantitative estimate of drug-likeness (QED) is 0.279. The summed E-state index contributed by atoms with van der Waals surface area (Å²) in [5.41, 5.74) is 0. The van der Waals surface area contributed by atoms with Crippen molar-refractivity contribution in [3.63, 3.8) is 0 Å². The van der Waals surface area contributed by atoms with E-state index in [2.05, 4.69) is 6.92 Å². The van der Waals surface area contributed by atoms with Gasteiger partial charge in [-0.1, -0.05) is 109 Å². The van der Waals surface area contributed by atoms with Crippen molar-refractivity contribution in [2.45, 2.75) is 116 Å². The van der Waals surface area contributed by atoms with E-state index in [1.54, 1.807) is 6.08 Å². The van der Waals surface area contributed by atoms with Crippen LogP contribution in [-0.2, 0) is 4.79 Å². The summed E-state index contributed by atoms with van der Waals surface area (Å²) in [5.74, 6) is 3.27. The van der Waals surface area contributed by atoms with Crippen LogP contribution in [0.2, 0.25) is 0 Å². The Morgan fingerprint density at radius 3 is 1.70 bits per heavy atom. The molecule has 0 amide bonds. The van der Waals surface area contributed by atoms with E-state index in [9.17, 15) is 4.79 Å². The maximum atomic E-state index is 10.4. The van der Waals surface area contributed by atoms with Crippen LogP contribution < -0.4 is 0 Å². The number of unbranched alkanes of at least 4 members (excludes halogenated alkanes) is 3. The molecule has 0 aromatic rings. The lowest BCUT2D eigenvalue weighted by Crippen LogP contribution is -2.18. The van der Waals surface area contributed by atoms with Crippen LogP contribution in [0.15, 0.2) is 12.2 Å². The average Bonchev–Trinajstić information content (AvgIpc) is 2.68. The molecule has 0 aromatic heterocycles. The zero-order valence-corrected chi connectivity index (χ0v) is 17.8. The van der Waals surface area contributed by atoms with Gasteiger partial charge in [-0.3, -0.25) is 0 Å². The number of rotatable bonds is 12. The highest BCUT2D eigenvalue weighted by atomic mass is 16.4. The molecule has 0 spiro atoms. The Morgan fingerprint density at radius 2 is 1.22 bits per heavy atom. The van der Waals surface area contributed by atoms with Crippen LogP contribution in [-0.4, -0.2) is 11.1 Å². The molecule has 27 heavy (non-hydrogen) atoms. The molecule has 2 saturated carbocycles. The molecule has 0 atom stereocenters. The number of hydrogen-bond donors (Lipinski definition) is 1. The molecule has 2 heteroatoms. The van der Waals surface area contributed by atoms with Gasteiger partial charge in [0.2, 0.25) is 0 Å². The summed E-state index contributed by atoms with van der Waals surface area (Å²) in [4.78, 5) is 10.4. The topological polar surface area (TPSA) is 37.3 Å². The molecule has 0 aliphatic heterocycles. The van der Waals surface area contributed by atoms with Gasteiger partial charge in [0.25, 0.3) is 0 Å². The Morgan fingerprint density at radius 1 is 0.741 bits per heavy atom. The monoisotopic (exact) mass is 376 g/mol. The van der Waals surface area contributed by atoms with E-state index in [4.69, 9.17) is 5.11 Å². The number of aliphatic carboxylic acids is 1. The molecule has 0 saturated heterocycles. The highest BCUT2D eigenvalue weighted by Gasteiger charge is 2.24. The van der Waals surface area contributed by atoms with E-state index in [-0.39, 0.29) is 0 Å². The lowest BCUT2D eigenvalue weighted by Gasteiger charge is -2.32. The first-order chi connectivity index (χ1) is 13.2. The lowest BCUT2D eigenvalue weighted by molar-refractivity contribution is -0.131. The first-order valence-corrected chi connectivity index (χ1v) is 12.1. The second kappa shape index (κ2) is 13.4. The van der Waals surface area contributed by atoms with Crippen molar-refractivity contribution in [2.24, 2.45) is 23.7 Å². The molecule has 2 rings (SSSR count). The minimum atomic E-state index is -0.823. The van der Waals surface area contributed by atoms with Gasteiger partial charge in [0.1, 0.15) is 0 Å². The molecule has 0 aromatic carbocycles. The smallest absolute Gasteiger partial charge is 0.327 e. The Balaban J connectivity index is 1.45. The van der Waals surface area contributed by atoms with Gasteiger partial charge in [-0.15, -0.1) is 0 Å². The summed E-state index contributed by atoms with van der Waals surface area (Å²) in [6.45, 7) is 2.34. The third-order valence-electron chi connectivity index (χ3n) is 7.36. The molecule has 2 nitrogen and oxygen atoms in total. The van der Waals surface area contributed by atoms with Crippen molar-refractivity contribution < 1.29 is 9.90 Å². The van der Waals surface area contributed by atoms with Gasteiger partial charge in [0.15, 0.2) is 0 Å². The predicted octanol–water partition coefficient (Wildman–Crippen LogP) is 7.77. The van der Waals surface area contributed by atoms with Crippen LogP contribution in [0.3, 0.4) is 0 Å². The maximum absolute atomic E-state index is 10.4. The number of carboxylic acids is 1. The predicted molar refractivity (Wildman–Crippen MR) is 115 cm³/mol. The average molecular weight is 377 g/mol. The van der Waals surface area contributed by atoms with E-state index >= 15 is 0 Å². The Hall–Kier alpha value is -0.790. The van der Waals surface area contributed by atoms with Gasteiger partial charge in [-0.25, -0.2) is 4.79 Å². The van der Waals surface area contributed by atoms with Crippen molar-refractivity contribution in [1.82, 2.24) is 0 Å². The van der Waals surface area contributed by atoms with E-state index in [1.807, 2.05) is 0 Å². The maximum Gasteiger partial charge on any atom is 0.327 e. The second-order valence-electron chi connectivity index (χ2n) is 9.52. The van der Waals surface area contributed by atoms with Crippen LogP contribution >= 0.6 is 0 Å². The molecule has 0 unspecified atom stereocenters. The largest absolute Gasteiger partial charge is 0.478 e. The minimum absolute atomic E-state index is 0.823. The molecule has 1 N–H and O–H groups in total. The highest BCUT2D eigenvalue weighted by molar-refractivity contribution is 5.79. The number of allylic oxidation sites excluding steroid dienone is 1.